The van der Waals surface area contributed by atoms with E-state index < -0.39 is 0 Å². The van der Waals surface area contributed by atoms with Crippen molar-refractivity contribution in [2.75, 3.05) is 12.3 Å². The van der Waals surface area contributed by atoms with Gasteiger partial charge in [-0.25, -0.2) is 4.98 Å². The molecule has 3 heteroatoms. The standard InChI is InChI=1S/C13H21N3/c1-2-7-15-11-6-5-10(9-11)12-4-3-8-16-13(12)14/h3-4,8,10-11,15H,2,5-7,9H2,1H3,(H2,14,16). The Labute approximate surface area is 97.5 Å². The smallest absolute Gasteiger partial charge is 0.126 e. The first kappa shape index (κ1) is 11.4. The van der Waals surface area contributed by atoms with Gasteiger partial charge < -0.3 is 11.1 Å². The van der Waals surface area contributed by atoms with Gasteiger partial charge in [0.05, 0.1) is 0 Å². The molecule has 2 rings (SSSR count). The van der Waals surface area contributed by atoms with Crippen molar-refractivity contribution in [3.63, 3.8) is 0 Å². The summed E-state index contributed by atoms with van der Waals surface area (Å²) >= 11 is 0. The van der Waals surface area contributed by atoms with Crippen molar-refractivity contribution < 1.29 is 0 Å². The van der Waals surface area contributed by atoms with Gasteiger partial charge in [0.15, 0.2) is 0 Å². The summed E-state index contributed by atoms with van der Waals surface area (Å²) in [5.41, 5.74) is 7.15. The van der Waals surface area contributed by atoms with Crippen LogP contribution >= 0.6 is 0 Å². The summed E-state index contributed by atoms with van der Waals surface area (Å²) in [6.07, 6.45) is 6.67. The van der Waals surface area contributed by atoms with Gasteiger partial charge in [-0.15, -0.1) is 0 Å². The Morgan fingerprint density at radius 3 is 3.12 bits per heavy atom. The molecule has 1 saturated carbocycles. The van der Waals surface area contributed by atoms with Crippen molar-refractivity contribution in [3.05, 3.63) is 23.9 Å². The van der Waals surface area contributed by atoms with Crippen LogP contribution in [-0.2, 0) is 0 Å². The van der Waals surface area contributed by atoms with Crippen LogP contribution in [0.25, 0.3) is 0 Å². The molecule has 3 nitrogen and oxygen atoms in total. The van der Waals surface area contributed by atoms with E-state index in [0.717, 1.165) is 6.54 Å². The van der Waals surface area contributed by atoms with Crippen LogP contribution in [0.5, 0.6) is 0 Å². The van der Waals surface area contributed by atoms with Gasteiger partial charge in [-0.2, -0.15) is 0 Å². The van der Waals surface area contributed by atoms with Crippen molar-refractivity contribution in [3.8, 4) is 0 Å². The lowest BCUT2D eigenvalue weighted by molar-refractivity contribution is 0.517. The molecule has 1 aromatic heterocycles. The van der Waals surface area contributed by atoms with Gasteiger partial charge in [0.1, 0.15) is 5.82 Å². The molecule has 1 heterocycles. The minimum absolute atomic E-state index is 0.600. The second-order valence-corrected chi connectivity index (χ2v) is 4.64. The highest BCUT2D eigenvalue weighted by molar-refractivity contribution is 5.41. The summed E-state index contributed by atoms with van der Waals surface area (Å²) in [4.78, 5) is 4.17. The molecular formula is C13H21N3. The van der Waals surface area contributed by atoms with Crippen molar-refractivity contribution in [2.24, 2.45) is 0 Å². The minimum atomic E-state index is 0.600. The molecular weight excluding hydrogens is 198 g/mol. The Hall–Kier alpha value is -1.09. The van der Waals surface area contributed by atoms with Gasteiger partial charge in [0.25, 0.3) is 0 Å². The van der Waals surface area contributed by atoms with Crippen LogP contribution < -0.4 is 11.1 Å². The molecule has 1 fully saturated rings. The Morgan fingerprint density at radius 1 is 1.50 bits per heavy atom. The number of hydrogen-bond acceptors (Lipinski definition) is 3. The van der Waals surface area contributed by atoms with Gasteiger partial charge in [-0.1, -0.05) is 13.0 Å². The van der Waals surface area contributed by atoms with Gasteiger partial charge in [-0.05, 0) is 49.8 Å². The Kier molecular flexibility index (Phi) is 3.78. The van der Waals surface area contributed by atoms with Crippen LogP contribution in [0.15, 0.2) is 18.3 Å². The number of nitrogens with two attached hydrogens (primary N) is 1. The molecule has 16 heavy (non-hydrogen) atoms. The number of nitrogens with zero attached hydrogens (tertiary/aromatic N) is 1. The third kappa shape index (κ3) is 2.53. The quantitative estimate of drug-likeness (QED) is 0.817. The molecule has 3 N–H and O–H groups in total. The highest BCUT2D eigenvalue weighted by Crippen LogP contribution is 2.36. The van der Waals surface area contributed by atoms with Gasteiger partial charge in [0.2, 0.25) is 0 Å². The predicted molar refractivity (Wildman–Crippen MR) is 67.3 cm³/mol. The minimum Gasteiger partial charge on any atom is -0.383 e. The number of aromatic nitrogens is 1. The van der Waals surface area contributed by atoms with Gasteiger partial charge in [-0.3, -0.25) is 0 Å². The molecule has 88 valence electrons. The Morgan fingerprint density at radius 2 is 2.38 bits per heavy atom. The van der Waals surface area contributed by atoms with E-state index >= 15 is 0 Å². The zero-order valence-electron chi connectivity index (χ0n) is 9.95. The third-order valence-corrected chi connectivity index (χ3v) is 3.43. The number of hydrogen-bond donors (Lipinski definition) is 2. The lowest BCUT2D eigenvalue weighted by Crippen LogP contribution is -2.26. The van der Waals surface area contributed by atoms with E-state index in [-0.39, 0.29) is 0 Å². The first-order valence-corrected chi connectivity index (χ1v) is 6.25. The monoisotopic (exact) mass is 219 g/mol. The van der Waals surface area contributed by atoms with E-state index in [4.69, 9.17) is 5.73 Å². The zero-order chi connectivity index (χ0) is 11.4. The zero-order valence-corrected chi connectivity index (χ0v) is 9.95. The fraction of sp³-hybridized carbons (Fsp3) is 0.615. The van der Waals surface area contributed by atoms with E-state index in [1.807, 2.05) is 6.07 Å². The topological polar surface area (TPSA) is 50.9 Å². The molecule has 1 aliphatic rings. The lowest BCUT2D eigenvalue weighted by Gasteiger charge is -2.14. The maximum absolute atomic E-state index is 5.91. The highest BCUT2D eigenvalue weighted by atomic mass is 14.9. The molecule has 0 aliphatic heterocycles. The maximum atomic E-state index is 5.91. The van der Waals surface area contributed by atoms with E-state index in [1.165, 1.54) is 31.2 Å². The molecule has 0 bridgehead atoms. The van der Waals surface area contributed by atoms with Crippen LogP contribution in [0, 0.1) is 0 Å². The van der Waals surface area contributed by atoms with Crippen LogP contribution in [-0.4, -0.2) is 17.6 Å². The summed E-state index contributed by atoms with van der Waals surface area (Å²) in [7, 11) is 0. The van der Waals surface area contributed by atoms with Crippen LogP contribution in [0.4, 0.5) is 5.82 Å². The van der Waals surface area contributed by atoms with Crippen LogP contribution in [0.2, 0.25) is 0 Å². The third-order valence-electron chi connectivity index (χ3n) is 3.43. The second-order valence-electron chi connectivity index (χ2n) is 4.64. The summed E-state index contributed by atoms with van der Waals surface area (Å²) in [5, 5.41) is 3.59. The number of anilines is 1. The Bertz CT molecular complexity index is 338. The average molecular weight is 219 g/mol. The first-order valence-electron chi connectivity index (χ1n) is 6.25. The van der Waals surface area contributed by atoms with Crippen molar-refractivity contribution in [1.29, 1.82) is 0 Å². The number of nitrogens with one attached hydrogen (secondary N) is 1. The molecule has 0 spiro atoms. The maximum Gasteiger partial charge on any atom is 0.126 e. The second kappa shape index (κ2) is 5.30. The van der Waals surface area contributed by atoms with Gasteiger partial charge >= 0.3 is 0 Å². The average Bonchev–Trinajstić information content (AvgIpc) is 2.75. The fourth-order valence-corrected chi connectivity index (χ4v) is 2.57. The highest BCUT2D eigenvalue weighted by Gasteiger charge is 2.26. The molecule has 0 saturated heterocycles. The van der Waals surface area contributed by atoms with Crippen LogP contribution in [0.1, 0.15) is 44.1 Å². The number of pyridine rings is 1. The molecule has 0 aromatic carbocycles. The van der Waals surface area contributed by atoms with Crippen LogP contribution in [0.3, 0.4) is 0 Å². The van der Waals surface area contributed by atoms with Crippen molar-refractivity contribution >= 4 is 5.82 Å². The first-order chi connectivity index (χ1) is 7.81. The molecule has 0 radical (unpaired) electrons. The van der Waals surface area contributed by atoms with E-state index in [0.29, 0.717) is 17.8 Å². The lowest BCUT2D eigenvalue weighted by atomic mass is 9.98. The molecule has 0 amide bonds. The summed E-state index contributed by atoms with van der Waals surface area (Å²) in [5.74, 6) is 1.31. The van der Waals surface area contributed by atoms with Crippen molar-refractivity contribution in [2.45, 2.75) is 44.6 Å². The van der Waals surface area contributed by atoms with E-state index in [1.54, 1.807) is 6.20 Å². The molecule has 2 atom stereocenters. The predicted octanol–water partition coefficient (Wildman–Crippen LogP) is 2.30. The molecule has 1 aromatic rings. The summed E-state index contributed by atoms with van der Waals surface area (Å²) in [6, 6.07) is 4.78. The summed E-state index contributed by atoms with van der Waals surface area (Å²) in [6.45, 7) is 3.33. The van der Waals surface area contributed by atoms with E-state index in [9.17, 15) is 0 Å². The fourth-order valence-electron chi connectivity index (χ4n) is 2.57. The summed E-state index contributed by atoms with van der Waals surface area (Å²) < 4.78 is 0. The largest absolute Gasteiger partial charge is 0.383 e. The molecule has 2 unspecified atom stereocenters. The Balaban J connectivity index is 1.96. The van der Waals surface area contributed by atoms with Crippen molar-refractivity contribution in [1.82, 2.24) is 10.3 Å². The van der Waals surface area contributed by atoms with Gasteiger partial charge in [0, 0.05) is 12.2 Å². The number of rotatable bonds is 4. The van der Waals surface area contributed by atoms with E-state index in [2.05, 4.69) is 23.3 Å². The normalized spacial score (nSPS) is 24.8. The number of nitrogen functional groups attached to an aromatic ring is 1. The molecule has 1 aliphatic carbocycles. The SMILES string of the molecule is CCCNC1CCC(c2cccnc2N)C1.